The smallest absolute Gasteiger partial charge is 0.0784 e. The standard InChI is InChI=1S/C10H21NO2/c1-8-6-11-5-4-10(8)13-9(2)7-12-3/h8-11H,4-7H2,1-3H3. The molecule has 1 rings (SSSR count). The summed E-state index contributed by atoms with van der Waals surface area (Å²) < 4.78 is 10.9. The largest absolute Gasteiger partial charge is 0.382 e. The summed E-state index contributed by atoms with van der Waals surface area (Å²) in [4.78, 5) is 0. The van der Waals surface area contributed by atoms with Crippen LogP contribution in [-0.4, -0.2) is 39.0 Å². The molecule has 1 saturated heterocycles. The van der Waals surface area contributed by atoms with Crippen molar-refractivity contribution in [2.45, 2.75) is 32.5 Å². The highest BCUT2D eigenvalue weighted by atomic mass is 16.5. The summed E-state index contributed by atoms with van der Waals surface area (Å²) >= 11 is 0. The first-order valence-electron chi connectivity index (χ1n) is 5.09. The Balaban J connectivity index is 2.25. The van der Waals surface area contributed by atoms with Gasteiger partial charge in [0.25, 0.3) is 0 Å². The molecule has 3 heteroatoms. The molecule has 78 valence electrons. The van der Waals surface area contributed by atoms with Crippen molar-refractivity contribution in [1.29, 1.82) is 0 Å². The number of ether oxygens (including phenoxy) is 2. The maximum Gasteiger partial charge on any atom is 0.0784 e. The zero-order valence-electron chi connectivity index (χ0n) is 8.88. The highest BCUT2D eigenvalue weighted by Crippen LogP contribution is 2.16. The third-order valence-electron chi connectivity index (χ3n) is 2.52. The summed E-state index contributed by atoms with van der Waals surface area (Å²) in [6.45, 7) is 7.14. The van der Waals surface area contributed by atoms with Crippen LogP contribution in [0.2, 0.25) is 0 Å². The van der Waals surface area contributed by atoms with Crippen LogP contribution >= 0.6 is 0 Å². The second kappa shape index (κ2) is 5.58. The van der Waals surface area contributed by atoms with Gasteiger partial charge in [-0.15, -0.1) is 0 Å². The van der Waals surface area contributed by atoms with Gasteiger partial charge < -0.3 is 14.8 Å². The van der Waals surface area contributed by atoms with Gasteiger partial charge in [-0.3, -0.25) is 0 Å². The Hall–Kier alpha value is -0.120. The van der Waals surface area contributed by atoms with Gasteiger partial charge in [0.1, 0.15) is 0 Å². The van der Waals surface area contributed by atoms with Crippen molar-refractivity contribution in [3.8, 4) is 0 Å². The molecule has 0 aromatic heterocycles. The molecule has 1 fully saturated rings. The van der Waals surface area contributed by atoms with Gasteiger partial charge in [0.05, 0.1) is 18.8 Å². The van der Waals surface area contributed by atoms with Gasteiger partial charge in [-0.25, -0.2) is 0 Å². The van der Waals surface area contributed by atoms with Crippen LogP contribution in [-0.2, 0) is 9.47 Å². The number of hydrogen-bond acceptors (Lipinski definition) is 3. The molecule has 0 spiro atoms. The summed E-state index contributed by atoms with van der Waals surface area (Å²) in [5.41, 5.74) is 0. The van der Waals surface area contributed by atoms with E-state index in [2.05, 4.69) is 19.2 Å². The molecule has 1 aliphatic rings. The van der Waals surface area contributed by atoms with E-state index in [1.54, 1.807) is 7.11 Å². The molecule has 0 radical (unpaired) electrons. The average molecular weight is 187 g/mol. The van der Waals surface area contributed by atoms with Gasteiger partial charge in [0.15, 0.2) is 0 Å². The van der Waals surface area contributed by atoms with E-state index in [1.807, 2.05) is 0 Å². The lowest BCUT2D eigenvalue weighted by Crippen LogP contribution is -2.41. The van der Waals surface area contributed by atoms with Gasteiger partial charge in [-0.2, -0.15) is 0 Å². The lowest BCUT2D eigenvalue weighted by molar-refractivity contribution is -0.0688. The summed E-state index contributed by atoms with van der Waals surface area (Å²) in [6, 6.07) is 0. The number of rotatable bonds is 4. The Labute approximate surface area is 80.8 Å². The fourth-order valence-corrected chi connectivity index (χ4v) is 1.76. The molecule has 3 unspecified atom stereocenters. The molecular weight excluding hydrogens is 166 g/mol. The third kappa shape index (κ3) is 3.63. The minimum atomic E-state index is 0.218. The highest BCUT2D eigenvalue weighted by molar-refractivity contribution is 4.76. The van der Waals surface area contributed by atoms with Crippen molar-refractivity contribution in [2.24, 2.45) is 5.92 Å². The summed E-state index contributed by atoms with van der Waals surface area (Å²) in [5.74, 6) is 0.619. The minimum Gasteiger partial charge on any atom is -0.382 e. The van der Waals surface area contributed by atoms with E-state index in [0.717, 1.165) is 19.5 Å². The topological polar surface area (TPSA) is 30.5 Å². The van der Waals surface area contributed by atoms with Crippen LogP contribution in [0.15, 0.2) is 0 Å². The fraction of sp³-hybridized carbons (Fsp3) is 1.00. The Morgan fingerprint density at radius 1 is 1.54 bits per heavy atom. The average Bonchev–Trinajstić information content (AvgIpc) is 2.09. The van der Waals surface area contributed by atoms with E-state index in [0.29, 0.717) is 18.6 Å². The van der Waals surface area contributed by atoms with Gasteiger partial charge in [-0.05, 0) is 25.8 Å². The van der Waals surface area contributed by atoms with E-state index in [-0.39, 0.29) is 6.10 Å². The molecule has 0 aliphatic carbocycles. The van der Waals surface area contributed by atoms with Crippen LogP contribution in [0.3, 0.4) is 0 Å². The minimum absolute atomic E-state index is 0.218. The van der Waals surface area contributed by atoms with Gasteiger partial charge in [0.2, 0.25) is 0 Å². The van der Waals surface area contributed by atoms with E-state index in [9.17, 15) is 0 Å². The first-order valence-corrected chi connectivity index (χ1v) is 5.09. The van der Waals surface area contributed by atoms with Crippen molar-refractivity contribution < 1.29 is 9.47 Å². The van der Waals surface area contributed by atoms with Crippen molar-refractivity contribution in [1.82, 2.24) is 5.32 Å². The molecule has 0 amide bonds. The molecule has 1 heterocycles. The second-order valence-electron chi connectivity index (χ2n) is 3.91. The lowest BCUT2D eigenvalue weighted by atomic mass is 9.98. The normalized spacial score (nSPS) is 31.6. The first kappa shape index (κ1) is 11.0. The zero-order valence-corrected chi connectivity index (χ0v) is 8.88. The van der Waals surface area contributed by atoms with Crippen LogP contribution in [0.1, 0.15) is 20.3 Å². The lowest BCUT2D eigenvalue weighted by Gasteiger charge is -2.31. The first-order chi connectivity index (χ1) is 6.24. The van der Waals surface area contributed by atoms with Gasteiger partial charge in [-0.1, -0.05) is 6.92 Å². The molecule has 3 nitrogen and oxygen atoms in total. The Bertz CT molecular complexity index is 141. The van der Waals surface area contributed by atoms with Crippen LogP contribution in [0.5, 0.6) is 0 Å². The van der Waals surface area contributed by atoms with Gasteiger partial charge >= 0.3 is 0 Å². The molecule has 13 heavy (non-hydrogen) atoms. The Morgan fingerprint density at radius 3 is 2.92 bits per heavy atom. The van der Waals surface area contributed by atoms with Crippen LogP contribution in [0, 0.1) is 5.92 Å². The maximum atomic E-state index is 5.88. The number of hydrogen-bond donors (Lipinski definition) is 1. The number of methoxy groups -OCH3 is 1. The summed E-state index contributed by atoms with van der Waals surface area (Å²) in [5, 5.41) is 3.36. The predicted molar refractivity (Wildman–Crippen MR) is 52.9 cm³/mol. The number of nitrogens with one attached hydrogen (secondary N) is 1. The second-order valence-corrected chi connectivity index (χ2v) is 3.91. The maximum absolute atomic E-state index is 5.88. The van der Waals surface area contributed by atoms with E-state index in [1.165, 1.54) is 0 Å². The molecule has 1 aliphatic heterocycles. The van der Waals surface area contributed by atoms with Crippen LogP contribution < -0.4 is 5.32 Å². The highest BCUT2D eigenvalue weighted by Gasteiger charge is 2.23. The monoisotopic (exact) mass is 187 g/mol. The van der Waals surface area contributed by atoms with Crippen molar-refractivity contribution >= 4 is 0 Å². The van der Waals surface area contributed by atoms with E-state index >= 15 is 0 Å². The zero-order chi connectivity index (χ0) is 9.68. The van der Waals surface area contributed by atoms with E-state index in [4.69, 9.17) is 9.47 Å². The fourth-order valence-electron chi connectivity index (χ4n) is 1.76. The molecule has 0 aromatic carbocycles. The molecule has 3 atom stereocenters. The number of piperidine rings is 1. The van der Waals surface area contributed by atoms with Crippen LogP contribution in [0.4, 0.5) is 0 Å². The Morgan fingerprint density at radius 2 is 2.31 bits per heavy atom. The SMILES string of the molecule is COCC(C)OC1CCNCC1C. The molecule has 0 saturated carbocycles. The van der Waals surface area contributed by atoms with Crippen LogP contribution in [0.25, 0.3) is 0 Å². The Kier molecular flexibility index (Phi) is 4.70. The molecule has 1 N–H and O–H groups in total. The summed E-state index contributed by atoms with van der Waals surface area (Å²) in [7, 11) is 1.71. The van der Waals surface area contributed by atoms with Crippen molar-refractivity contribution in [3.05, 3.63) is 0 Å². The quantitative estimate of drug-likeness (QED) is 0.713. The predicted octanol–water partition coefficient (Wildman–Crippen LogP) is 1.04. The molecular formula is C10H21NO2. The molecule has 0 aromatic rings. The summed E-state index contributed by atoms with van der Waals surface area (Å²) in [6.07, 6.45) is 1.75. The van der Waals surface area contributed by atoms with Crippen molar-refractivity contribution in [3.63, 3.8) is 0 Å². The van der Waals surface area contributed by atoms with Crippen molar-refractivity contribution in [2.75, 3.05) is 26.8 Å². The third-order valence-corrected chi connectivity index (χ3v) is 2.52. The molecule has 0 bridgehead atoms. The van der Waals surface area contributed by atoms with E-state index < -0.39 is 0 Å². The van der Waals surface area contributed by atoms with Gasteiger partial charge in [0, 0.05) is 13.7 Å².